The summed E-state index contributed by atoms with van der Waals surface area (Å²) in [6.07, 6.45) is 1.98. The number of methoxy groups -OCH3 is 2. The molecule has 0 saturated heterocycles. The number of anilines is 1. The second-order valence-corrected chi connectivity index (χ2v) is 6.68. The quantitative estimate of drug-likeness (QED) is 0.739. The number of aromatic nitrogens is 2. The highest BCUT2D eigenvalue weighted by Gasteiger charge is 2.33. The average Bonchev–Trinajstić information content (AvgIpc) is 3.10. The molecule has 0 spiro atoms. The van der Waals surface area contributed by atoms with Crippen LogP contribution in [0.15, 0.2) is 48.8 Å². The van der Waals surface area contributed by atoms with Gasteiger partial charge in [0.15, 0.2) is 0 Å². The Morgan fingerprint density at radius 2 is 2.04 bits per heavy atom. The smallest absolute Gasteiger partial charge is 0.226 e. The maximum atomic E-state index is 12.5. The van der Waals surface area contributed by atoms with Gasteiger partial charge in [-0.2, -0.15) is 0 Å². The van der Waals surface area contributed by atoms with Crippen LogP contribution in [0.3, 0.4) is 0 Å². The van der Waals surface area contributed by atoms with Crippen molar-refractivity contribution in [1.29, 1.82) is 0 Å². The highest BCUT2D eigenvalue weighted by atomic mass is 35.5. The van der Waals surface area contributed by atoms with E-state index in [1.54, 1.807) is 26.6 Å². The van der Waals surface area contributed by atoms with Crippen LogP contribution < -0.4 is 14.8 Å². The van der Waals surface area contributed by atoms with E-state index >= 15 is 0 Å². The molecule has 4 rings (SSSR count). The SMILES string of the molecule is COc1ccc(OC)c([C@@H]2CC(=O)Nc3c2ncn3-c2cccc(Cl)c2)c1. The van der Waals surface area contributed by atoms with Gasteiger partial charge in [-0.05, 0) is 36.4 Å². The number of nitrogens with one attached hydrogen (secondary N) is 1. The van der Waals surface area contributed by atoms with Crippen molar-refractivity contribution >= 4 is 23.3 Å². The molecule has 1 N–H and O–H groups in total. The zero-order chi connectivity index (χ0) is 19.0. The predicted octanol–water partition coefficient (Wildman–Crippen LogP) is 4.02. The van der Waals surface area contributed by atoms with Gasteiger partial charge in [0.1, 0.15) is 23.6 Å². The van der Waals surface area contributed by atoms with Crippen LogP contribution in [0.1, 0.15) is 23.6 Å². The third-order valence-corrected chi connectivity index (χ3v) is 4.91. The minimum absolute atomic E-state index is 0.0823. The van der Waals surface area contributed by atoms with Crippen molar-refractivity contribution in [1.82, 2.24) is 9.55 Å². The van der Waals surface area contributed by atoms with Crippen molar-refractivity contribution in [2.75, 3.05) is 19.5 Å². The van der Waals surface area contributed by atoms with Crippen molar-refractivity contribution in [3.8, 4) is 17.2 Å². The lowest BCUT2D eigenvalue weighted by atomic mass is 9.89. The van der Waals surface area contributed by atoms with Gasteiger partial charge in [0.2, 0.25) is 5.91 Å². The lowest BCUT2D eigenvalue weighted by Crippen LogP contribution is -2.25. The molecule has 1 atom stereocenters. The van der Waals surface area contributed by atoms with E-state index in [0.717, 1.165) is 16.9 Å². The normalized spacial score (nSPS) is 15.8. The summed E-state index contributed by atoms with van der Waals surface area (Å²) in [7, 11) is 3.22. The summed E-state index contributed by atoms with van der Waals surface area (Å²) in [6.45, 7) is 0. The number of hydrogen-bond acceptors (Lipinski definition) is 4. The molecule has 0 bridgehead atoms. The molecule has 0 saturated carbocycles. The molecule has 1 aliphatic heterocycles. The Bertz CT molecular complexity index is 1020. The van der Waals surface area contributed by atoms with Crippen LogP contribution in [0.25, 0.3) is 5.69 Å². The number of carbonyl (C=O) groups is 1. The largest absolute Gasteiger partial charge is 0.497 e. The number of carbonyl (C=O) groups excluding carboxylic acids is 1. The summed E-state index contributed by atoms with van der Waals surface area (Å²) in [5, 5.41) is 3.55. The molecule has 6 nitrogen and oxygen atoms in total. The molecule has 0 unspecified atom stereocenters. The minimum Gasteiger partial charge on any atom is -0.497 e. The van der Waals surface area contributed by atoms with Crippen LogP contribution in [-0.4, -0.2) is 29.7 Å². The summed E-state index contributed by atoms with van der Waals surface area (Å²) in [6, 6.07) is 13.0. The Hall–Kier alpha value is -2.99. The molecule has 0 aliphatic carbocycles. The molecule has 3 aromatic rings. The summed E-state index contributed by atoms with van der Waals surface area (Å²) < 4.78 is 12.7. The molecule has 1 aliphatic rings. The zero-order valence-corrected chi connectivity index (χ0v) is 15.7. The summed E-state index contributed by atoms with van der Waals surface area (Å²) in [5.41, 5.74) is 2.47. The van der Waals surface area contributed by atoms with Gasteiger partial charge >= 0.3 is 0 Å². The highest BCUT2D eigenvalue weighted by Crippen LogP contribution is 2.42. The molecule has 138 valence electrons. The number of nitrogens with zero attached hydrogens (tertiary/aromatic N) is 2. The lowest BCUT2D eigenvalue weighted by Gasteiger charge is -2.25. The van der Waals surface area contributed by atoms with E-state index in [9.17, 15) is 4.79 Å². The van der Waals surface area contributed by atoms with Gasteiger partial charge in [-0.3, -0.25) is 9.36 Å². The van der Waals surface area contributed by atoms with Crippen LogP contribution in [0, 0.1) is 0 Å². The monoisotopic (exact) mass is 383 g/mol. The summed E-state index contributed by atoms with van der Waals surface area (Å²) in [4.78, 5) is 17.1. The first-order valence-corrected chi connectivity index (χ1v) is 8.83. The van der Waals surface area contributed by atoms with Gasteiger partial charge in [-0.1, -0.05) is 17.7 Å². The molecule has 1 amide bonds. The van der Waals surface area contributed by atoms with Crippen molar-refractivity contribution < 1.29 is 14.3 Å². The lowest BCUT2D eigenvalue weighted by molar-refractivity contribution is -0.116. The van der Waals surface area contributed by atoms with Gasteiger partial charge in [0.05, 0.1) is 19.9 Å². The first-order chi connectivity index (χ1) is 13.1. The standard InChI is InChI=1S/C20H18ClN3O3/c1-26-14-6-7-17(27-2)15(9-14)16-10-18(25)23-20-19(16)22-11-24(20)13-5-3-4-12(21)8-13/h3-9,11,16H,10H2,1-2H3,(H,23,25)/t16-/m0/s1. The van der Waals surface area contributed by atoms with Gasteiger partial charge in [0, 0.05) is 28.6 Å². The number of hydrogen-bond donors (Lipinski definition) is 1. The van der Waals surface area contributed by atoms with Crippen molar-refractivity contribution in [3.05, 3.63) is 65.1 Å². The number of imidazole rings is 1. The number of rotatable bonds is 4. The van der Waals surface area contributed by atoms with Crippen molar-refractivity contribution in [2.45, 2.75) is 12.3 Å². The topological polar surface area (TPSA) is 65.4 Å². The molecule has 27 heavy (non-hydrogen) atoms. The fourth-order valence-corrected chi connectivity index (χ4v) is 3.58. The van der Waals surface area contributed by atoms with Crippen LogP contribution in [0.2, 0.25) is 5.02 Å². The van der Waals surface area contributed by atoms with E-state index in [-0.39, 0.29) is 18.2 Å². The van der Waals surface area contributed by atoms with E-state index in [2.05, 4.69) is 10.3 Å². The molecule has 1 aromatic heterocycles. The van der Waals surface area contributed by atoms with E-state index in [4.69, 9.17) is 21.1 Å². The number of halogens is 1. The zero-order valence-electron chi connectivity index (χ0n) is 14.9. The summed E-state index contributed by atoms with van der Waals surface area (Å²) >= 11 is 6.12. The van der Waals surface area contributed by atoms with Crippen molar-refractivity contribution in [2.24, 2.45) is 0 Å². The third kappa shape index (κ3) is 3.13. The molecule has 2 aromatic carbocycles. The molecule has 0 fully saturated rings. The maximum Gasteiger partial charge on any atom is 0.226 e. The number of ether oxygens (including phenoxy) is 2. The summed E-state index contributed by atoms with van der Waals surface area (Å²) in [5.74, 6) is 1.72. The van der Waals surface area contributed by atoms with Gasteiger partial charge in [-0.25, -0.2) is 4.98 Å². The molecular formula is C20H18ClN3O3. The minimum atomic E-state index is -0.237. The van der Waals surface area contributed by atoms with Crippen LogP contribution in [0.5, 0.6) is 11.5 Å². The maximum absolute atomic E-state index is 12.5. The van der Waals surface area contributed by atoms with Crippen LogP contribution in [-0.2, 0) is 4.79 Å². The first-order valence-electron chi connectivity index (χ1n) is 8.45. The van der Waals surface area contributed by atoms with E-state index in [1.165, 1.54) is 0 Å². The Morgan fingerprint density at radius 3 is 2.78 bits per heavy atom. The number of fused-ring (bicyclic) bond motifs is 1. The molecule has 2 heterocycles. The Kier molecular flexibility index (Phi) is 4.49. The molecule has 7 heteroatoms. The predicted molar refractivity (Wildman–Crippen MR) is 103 cm³/mol. The van der Waals surface area contributed by atoms with Gasteiger partial charge < -0.3 is 14.8 Å². The fourth-order valence-electron chi connectivity index (χ4n) is 3.40. The second kappa shape index (κ2) is 6.96. The third-order valence-electron chi connectivity index (χ3n) is 4.67. The molecule has 0 radical (unpaired) electrons. The first kappa shape index (κ1) is 17.4. The Morgan fingerprint density at radius 1 is 1.19 bits per heavy atom. The number of amides is 1. The van der Waals surface area contributed by atoms with Gasteiger partial charge in [-0.15, -0.1) is 0 Å². The second-order valence-electron chi connectivity index (χ2n) is 6.24. The van der Waals surface area contributed by atoms with E-state index < -0.39 is 0 Å². The Balaban J connectivity index is 1.85. The van der Waals surface area contributed by atoms with E-state index in [0.29, 0.717) is 22.3 Å². The number of benzene rings is 2. The van der Waals surface area contributed by atoms with Crippen LogP contribution in [0.4, 0.5) is 5.82 Å². The fraction of sp³-hybridized carbons (Fsp3) is 0.200. The highest BCUT2D eigenvalue weighted by molar-refractivity contribution is 6.30. The van der Waals surface area contributed by atoms with Gasteiger partial charge in [0.25, 0.3) is 0 Å². The molecular weight excluding hydrogens is 366 g/mol. The van der Waals surface area contributed by atoms with Crippen LogP contribution >= 0.6 is 11.6 Å². The average molecular weight is 384 g/mol. The van der Waals surface area contributed by atoms with E-state index in [1.807, 2.05) is 41.0 Å². The Labute approximate surface area is 161 Å². The van der Waals surface area contributed by atoms with Crippen molar-refractivity contribution in [3.63, 3.8) is 0 Å².